The largest absolute Gasteiger partial charge is 0.227 e. The molecule has 0 saturated heterocycles. The number of aromatic nitrogens is 2. The van der Waals surface area contributed by atoms with Gasteiger partial charge in [-0.1, -0.05) is 24.6 Å². The molecule has 0 aliphatic heterocycles. The lowest BCUT2D eigenvalue weighted by Crippen LogP contribution is -1.94. The SMILES string of the molecule is CCc1ccsc1-c1nc(Cl)c2c(C)cc(C)cc2n1. The lowest BCUT2D eigenvalue weighted by molar-refractivity contribution is 1.14. The van der Waals surface area contributed by atoms with E-state index in [1.807, 2.05) is 6.92 Å². The second-order valence-electron chi connectivity index (χ2n) is 4.94. The second kappa shape index (κ2) is 5.15. The molecule has 0 bridgehead atoms. The lowest BCUT2D eigenvalue weighted by Gasteiger charge is -2.08. The first-order chi connectivity index (χ1) is 9.60. The lowest BCUT2D eigenvalue weighted by atomic mass is 10.1. The fraction of sp³-hybridized carbons (Fsp3) is 0.250. The zero-order valence-electron chi connectivity index (χ0n) is 11.7. The summed E-state index contributed by atoms with van der Waals surface area (Å²) in [6, 6.07) is 6.31. The van der Waals surface area contributed by atoms with Crippen LogP contribution in [0.15, 0.2) is 23.6 Å². The van der Waals surface area contributed by atoms with Crippen LogP contribution in [0.5, 0.6) is 0 Å². The Labute approximate surface area is 127 Å². The second-order valence-corrected chi connectivity index (χ2v) is 6.22. The molecule has 2 nitrogen and oxygen atoms in total. The molecule has 0 unspecified atom stereocenters. The van der Waals surface area contributed by atoms with Gasteiger partial charge in [0.2, 0.25) is 0 Å². The molecule has 4 heteroatoms. The van der Waals surface area contributed by atoms with Crippen LogP contribution in [0.4, 0.5) is 0 Å². The van der Waals surface area contributed by atoms with Crippen molar-refractivity contribution in [1.82, 2.24) is 9.97 Å². The van der Waals surface area contributed by atoms with Gasteiger partial charge in [-0.15, -0.1) is 11.3 Å². The van der Waals surface area contributed by atoms with Crippen molar-refractivity contribution in [3.63, 3.8) is 0 Å². The number of rotatable bonds is 2. The van der Waals surface area contributed by atoms with E-state index in [0.717, 1.165) is 33.6 Å². The zero-order valence-corrected chi connectivity index (χ0v) is 13.3. The highest BCUT2D eigenvalue weighted by atomic mass is 35.5. The first-order valence-corrected chi connectivity index (χ1v) is 7.87. The Bertz CT molecular complexity index is 793. The summed E-state index contributed by atoms with van der Waals surface area (Å²) >= 11 is 8.06. The molecule has 3 rings (SSSR count). The van der Waals surface area contributed by atoms with Crippen LogP contribution < -0.4 is 0 Å². The van der Waals surface area contributed by atoms with Crippen LogP contribution in [0.2, 0.25) is 5.15 Å². The Morgan fingerprint density at radius 3 is 2.75 bits per heavy atom. The van der Waals surface area contributed by atoms with E-state index in [1.165, 1.54) is 11.1 Å². The number of halogens is 1. The van der Waals surface area contributed by atoms with Crippen molar-refractivity contribution in [2.24, 2.45) is 0 Å². The molecule has 102 valence electrons. The normalized spacial score (nSPS) is 11.2. The molecular weight excluding hydrogens is 288 g/mol. The van der Waals surface area contributed by atoms with E-state index in [9.17, 15) is 0 Å². The van der Waals surface area contributed by atoms with Crippen LogP contribution in [0.1, 0.15) is 23.6 Å². The molecule has 0 spiro atoms. The van der Waals surface area contributed by atoms with Crippen molar-refractivity contribution in [3.8, 4) is 10.7 Å². The molecule has 1 aromatic carbocycles. The molecule has 0 saturated carbocycles. The third kappa shape index (κ3) is 2.21. The number of nitrogens with zero attached hydrogens (tertiary/aromatic N) is 2. The van der Waals surface area contributed by atoms with E-state index in [1.54, 1.807) is 11.3 Å². The molecule has 0 atom stereocenters. The van der Waals surface area contributed by atoms with Gasteiger partial charge in [0.05, 0.1) is 10.4 Å². The number of hydrogen-bond donors (Lipinski definition) is 0. The van der Waals surface area contributed by atoms with E-state index in [0.29, 0.717) is 5.15 Å². The number of hydrogen-bond acceptors (Lipinski definition) is 3. The topological polar surface area (TPSA) is 25.8 Å². The van der Waals surface area contributed by atoms with Gasteiger partial charge < -0.3 is 0 Å². The van der Waals surface area contributed by atoms with Crippen LogP contribution in [-0.4, -0.2) is 9.97 Å². The van der Waals surface area contributed by atoms with Gasteiger partial charge in [-0.3, -0.25) is 0 Å². The maximum atomic E-state index is 6.39. The van der Waals surface area contributed by atoms with Crippen molar-refractivity contribution in [2.75, 3.05) is 0 Å². The Kier molecular flexibility index (Phi) is 3.48. The van der Waals surface area contributed by atoms with Gasteiger partial charge in [-0.25, -0.2) is 9.97 Å². The first-order valence-electron chi connectivity index (χ1n) is 6.61. The van der Waals surface area contributed by atoms with Crippen molar-refractivity contribution in [2.45, 2.75) is 27.2 Å². The minimum Gasteiger partial charge on any atom is -0.227 e. The first kappa shape index (κ1) is 13.5. The summed E-state index contributed by atoms with van der Waals surface area (Å²) in [7, 11) is 0. The Morgan fingerprint density at radius 2 is 2.00 bits per heavy atom. The summed E-state index contributed by atoms with van der Waals surface area (Å²) < 4.78 is 0. The van der Waals surface area contributed by atoms with Crippen molar-refractivity contribution in [3.05, 3.63) is 45.4 Å². The summed E-state index contributed by atoms with van der Waals surface area (Å²) in [5.41, 5.74) is 4.51. The van der Waals surface area contributed by atoms with Crippen LogP contribution in [0, 0.1) is 13.8 Å². The van der Waals surface area contributed by atoms with Crippen molar-refractivity contribution < 1.29 is 0 Å². The minimum atomic E-state index is 0.540. The summed E-state index contributed by atoms with van der Waals surface area (Å²) in [5.74, 6) is 0.736. The van der Waals surface area contributed by atoms with Crippen LogP contribution in [0.25, 0.3) is 21.6 Å². The predicted octanol–water partition coefficient (Wildman–Crippen LogP) is 5.19. The molecule has 0 fully saturated rings. The van der Waals surface area contributed by atoms with Crippen LogP contribution >= 0.6 is 22.9 Å². The van der Waals surface area contributed by atoms with E-state index < -0.39 is 0 Å². The highest BCUT2D eigenvalue weighted by Gasteiger charge is 2.13. The average molecular weight is 303 g/mol. The molecule has 2 heterocycles. The standard InChI is InChI=1S/C16H15ClN2S/c1-4-11-5-6-20-14(11)16-18-12-8-9(2)7-10(3)13(12)15(17)19-16/h5-8H,4H2,1-3H3. The molecule has 20 heavy (non-hydrogen) atoms. The monoisotopic (exact) mass is 302 g/mol. The van der Waals surface area contributed by atoms with E-state index in [4.69, 9.17) is 16.6 Å². The molecule has 0 radical (unpaired) electrons. The molecule has 0 aliphatic rings. The molecule has 2 aromatic heterocycles. The Hall–Kier alpha value is -1.45. The van der Waals surface area contributed by atoms with Gasteiger partial charge in [-0.2, -0.15) is 0 Å². The smallest absolute Gasteiger partial charge is 0.171 e. The molecule has 0 aliphatic carbocycles. The maximum absolute atomic E-state index is 6.39. The van der Waals surface area contributed by atoms with Gasteiger partial charge in [0.1, 0.15) is 5.15 Å². The van der Waals surface area contributed by atoms with Gasteiger partial charge in [0, 0.05) is 5.39 Å². The van der Waals surface area contributed by atoms with Crippen molar-refractivity contribution >= 4 is 33.8 Å². The summed E-state index contributed by atoms with van der Waals surface area (Å²) in [6.45, 7) is 6.26. The Balaban J connectivity index is 2.29. The van der Waals surface area contributed by atoms with Gasteiger partial charge in [0.25, 0.3) is 0 Å². The van der Waals surface area contributed by atoms with Crippen molar-refractivity contribution in [1.29, 1.82) is 0 Å². The number of benzene rings is 1. The quantitative estimate of drug-likeness (QED) is 0.609. The number of thiophene rings is 1. The highest BCUT2D eigenvalue weighted by Crippen LogP contribution is 2.32. The van der Waals surface area contributed by atoms with Gasteiger partial charge in [-0.05, 0) is 54.5 Å². The molecular formula is C16H15ClN2S. The summed E-state index contributed by atoms with van der Waals surface area (Å²) in [4.78, 5) is 10.4. The Morgan fingerprint density at radius 1 is 1.20 bits per heavy atom. The van der Waals surface area contributed by atoms with E-state index in [2.05, 4.69) is 42.4 Å². The van der Waals surface area contributed by atoms with Crippen LogP contribution in [-0.2, 0) is 6.42 Å². The molecule has 0 N–H and O–H groups in total. The third-order valence-electron chi connectivity index (χ3n) is 3.43. The van der Waals surface area contributed by atoms with E-state index >= 15 is 0 Å². The average Bonchev–Trinajstić information content (AvgIpc) is 2.85. The zero-order chi connectivity index (χ0) is 14.3. The third-order valence-corrected chi connectivity index (χ3v) is 4.65. The fourth-order valence-electron chi connectivity index (χ4n) is 2.50. The maximum Gasteiger partial charge on any atom is 0.171 e. The summed E-state index contributed by atoms with van der Waals surface area (Å²) in [6.07, 6.45) is 0.977. The molecule has 0 amide bonds. The summed E-state index contributed by atoms with van der Waals surface area (Å²) in [5, 5.41) is 3.57. The highest BCUT2D eigenvalue weighted by molar-refractivity contribution is 7.13. The minimum absolute atomic E-state index is 0.540. The van der Waals surface area contributed by atoms with Gasteiger partial charge in [0.15, 0.2) is 5.82 Å². The molecule has 3 aromatic rings. The predicted molar refractivity (Wildman–Crippen MR) is 86.7 cm³/mol. The fourth-order valence-corrected chi connectivity index (χ4v) is 3.76. The number of fused-ring (bicyclic) bond motifs is 1. The van der Waals surface area contributed by atoms with E-state index in [-0.39, 0.29) is 0 Å². The number of aryl methyl sites for hydroxylation is 3. The van der Waals surface area contributed by atoms with Crippen LogP contribution in [0.3, 0.4) is 0 Å². The van der Waals surface area contributed by atoms with Gasteiger partial charge >= 0.3 is 0 Å².